The van der Waals surface area contributed by atoms with Crippen molar-refractivity contribution in [3.63, 3.8) is 0 Å². The first-order valence-electron chi connectivity index (χ1n) is 4.10. The van der Waals surface area contributed by atoms with Gasteiger partial charge in [0.25, 0.3) is 0 Å². The predicted octanol–water partition coefficient (Wildman–Crippen LogP) is 1.93. The number of rotatable bonds is 1. The van der Waals surface area contributed by atoms with E-state index in [2.05, 4.69) is 20.1 Å². The van der Waals surface area contributed by atoms with Crippen LogP contribution in [0.5, 0.6) is 0 Å². The van der Waals surface area contributed by atoms with Crippen molar-refractivity contribution in [1.82, 2.24) is 24.7 Å². The number of aromatic nitrogens is 5. The number of hydrogen-bond donors (Lipinski definition) is 0. The third kappa shape index (κ3) is 1.30. The summed E-state index contributed by atoms with van der Waals surface area (Å²) in [5.41, 5.74) is 0.671. The fourth-order valence-electron chi connectivity index (χ4n) is 1.28. The minimum Gasteiger partial charge on any atom is -0.227 e. The van der Waals surface area contributed by atoms with Crippen molar-refractivity contribution >= 4 is 34.0 Å². The second kappa shape index (κ2) is 3.25. The van der Waals surface area contributed by atoms with Gasteiger partial charge in [0.05, 0.1) is 11.6 Å². The minimum atomic E-state index is 0.405. The highest BCUT2D eigenvalue weighted by molar-refractivity contribution is 7.12. The van der Waals surface area contributed by atoms with Crippen LogP contribution in [0.1, 0.15) is 0 Å². The van der Waals surface area contributed by atoms with E-state index in [0.717, 1.165) is 10.5 Å². The SMILES string of the molecule is Clc1ncnc2c1cnn2-c1nccs1. The van der Waals surface area contributed by atoms with Crippen molar-refractivity contribution in [1.29, 1.82) is 0 Å². The Kier molecular flexibility index (Phi) is 1.90. The molecule has 0 aliphatic rings. The van der Waals surface area contributed by atoms with Crippen molar-refractivity contribution in [2.75, 3.05) is 0 Å². The molecule has 0 spiro atoms. The second-order valence-electron chi connectivity index (χ2n) is 2.77. The Morgan fingerprint density at radius 3 is 3.00 bits per heavy atom. The minimum absolute atomic E-state index is 0.405. The fraction of sp³-hybridized carbons (Fsp3) is 0. The third-order valence-electron chi connectivity index (χ3n) is 1.92. The van der Waals surface area contributed by atoms with E-state index >= 15 is 0 Å². The molecule has 0 radical (unpaired) electrons. The van der Waals surface area contributed by atoms with Gasteiger partial charge in [-0.3, -0.25) is 0 Å². The molecule has 0 saturated carbocycles. The lowest BCUT2D eigenvalue weighted by atomic mass is 10.4. The average molecular weight is 238 g/mol. The van der Waals surface area contributed by atoms with Crippen LogP contribution in [-0.4, -0.2) is 24.7 Å². The van der Waals surface area contributed by atoms with Gasteiger partial charge >= 0.3 is 0 Å². The normalized spacial score (nSPS) is 11.0. The molecule has 0 N–H and O–H groups in total. The van der Waals surface area contributed by atoms with Crippen molar-refractivity contribution in [3.8, 4) is 5.13 Å². The maximum atomic E-state index is 5.91. The van der Waals surface area contributed by atoms with E-state index in [1.165, 1.54) is 17.7 Å². The summed E-state index contributed by atoms with van der Waals surface area (Å²) in [6.45, 7) is 0. The van der Waals surface area contributed by atoms with Crippen molar-refractivity contribution in [3.05, 3.63) is 29.3 Å². The second-order valence-corrected chi connectivity index (χ2v) is 4.00. The highest BCUT2D eigenvalue weighted by Crippen LogP contribution is 2.21. The van der Waals surface area contributed by atoms with Crippen molar-refractivity contribution in [2.45, 2.75) is 0 Å². The number of thiazole rings is 1. The molecule has 0 aliphatic heterocycles. The monoisotopic (exact) mass is 237 g/mol. The van der Waals surface area contributed by atoms with Crippen LogP contribution in [0, 0.1) is 0 Å². The topological polar surface area (TPSA) is 56.5 Å². The molecule has 0 fully saturated rings. The van der Waals surface area contributed by atoms with Gasteiger partial charge in [0.15, 0.2) is 5.65 Å². The molecular formula is C8H4ClN5S. The molecule has 0 bridgehead atoms. The van der Waals surface area contributed by atoms with Gasteiger partial charge in [-0.25, -0.2) is 15.0 Å². The summed E-state index contributed by atoms with van der Waals surface area (Å²) in [4.78, 5) is 12.2. The maximum Gasteiger partial charge on any atom is 0.212 e. The third-order valence-corrected chi connectivity index (χ3v) is 2.97. The smallest absolute Gasteiger partial charge is 0.212 e. The fourth-order valence-corrected chi connectivity index (χ4v) is 2.05. The molecule has 5 nitrogen and oxygen atoms in total. The molecule has 3 aromatic heterocycles. The lowest BCUT2D eigenvalue weighted by Gasteiger charge is -1.96. The molecule has 74 valence electrons. The first-order valence-corrected chi connectivity index (χ1v) is 5.36. The number of halogens is 1. The summed E-state index contributed by atoms with van der Waals surface area (Å²) < 4.78 is 1.65. The molecule has 3 heterocycles. The van der Waals surface area contributed by atoms with Crippen LogP contribution in [-0.2, 0) is 0 Å². The summed E-state index contributed by atoms with van der Waals surface area (Å²) in [5.74, 6) is 0. The van der Waals surface area contributed by atoms with E-state index < -0.39 is 0 Å². The Balaban J connectivity index is 2.34. The summed E-state index contributed by atoms with van der Waals surface area (Å²) in [6.07, 6.45) is 4.77. The van der Waals surface area contributed by atoms with E-state index in [1.54, 1.807) is 17.1 Å². The number of fused-ring (bicyclic) bond motifs is 1. The lowest BCUT2D eigenvalue weighted by molar-refractivity contribution is 0.884. The van der Waals surface area contributed by atoms with Gasteiger partial charge < -0.3 is 0 Å². The first kappa shape index (κ1) is 8.75. The van der Waals surface area contributed by atoms with Gasteiger partial charge in [-0.05, 0) is 0 Å². The molecule has 7 heteroatoms. The largest absolute Gasteiger partial charge is 0.227 e. The highest BCUT2D eigenvalue weighted by Gasteiger charge is 2.10. The average Bonchev–Trinajstić information content (AvgIpc) is 2.85. The molecule has 3 rings (SSSR count). The molecule has 0 aromatic carbocycles. The first-order chi connectivity index (χ1) is 7.36. The molecule has 0 saturated heterocycles. The number of hydrogen-bond acceptors (Lipinski definition) is 5. The molecule has 0 aliphatic carbocycles. The van der Waals surface area contributed by atoms with Crippen LogP contribution in [0.25, 0.3) is 16.2 Å². The van der Waals surface area contributed by atoms with Gasteiger partial charge in [-0.2, -0.15) is 9.78 Å². The summed E-state index contributed by atoms with van der Waals surface area (Å²) in [7, 11) is 0. The lowest BCUT2D eigenvalue weighted by Crippen LogP contribution is -1.96. The molecule has 3 aromatic rings. The zero-order valence-corrected chi connectivity index (χ0v) is 8.90. The van der Waals surface area contributed by atoms with Crippen LogP contribution in [0.2, 0.25) is 5.15 Å². The van der Waals surface area contributed by atoms with Gasteiger partial charge in [0.1, 0.15) is 11.5 Å². The molecule has 0 unspecified atom stereocenters. The summed E-state index contributed by atoms with van der Waals surface area (Å²) >= 11 is 7.40. The summed E-state index contributed by atoms with van der Waals surface area (Å²) in [5, 5.41) is 7.96. The Labute approximate surface area is 93.4 Å². The predicted molar refractivity (Wildman–Crippen MR) is 57.3 cm³/mol. The maximum absolute atomic E-state index is 5.91. The Morgan fingerprint density at radius 2 is 2.20 bits per heavy atom. The van der Waals surface area contributed by atoms with E-state index in [-0.39, 0.29) is 0 Å². The zero-order chi connectivity index (χ0) is 10.3. The summed E-state index contributed by atoms with van der Waals surface area (Å²) in [6, 6.07) is 0. The van der Waals surface area contributed by atoms with E-state index in [9.17, 15) is 0 Å². The highest BCUT2D eigenvalue weighted by atomic mass is 35.5. The number of nitrogens with zero attached hydrogens (tertiary/aromatic N) is 5. The Hall–Kier alpha value is -1.53. The van der Waals surface area contributed by atoms with E-state index in [0.29, 0.717) is 10.8 Å². The quantitative estimate of drug-likeness (QED) is 0.607. The van der Waals surface area contributed by atoms with E-state index in [1.807, 2.05) is 5.38 Å². The van der Waals surface area contributed by atoms with Gasteiger partial charge in [-0.1, -0.05) is 11.6 Å². The van der Waals surface area contributed by atoms with Crippen molar-refractivity contribution in [2.24, 2.45) is 0 Å². The Morgan fingerprint density at radius 1 is 1.27 bits per heavy atom. The van der Waals surface area contributed by atoms with Gasteiger partial charge in [0, 0.05) is 11.6 Å². The zero-order valence-electron chi connectivity index (χ0n) is 7.33. The molecule has 0 amide bonds. The molecule has 15 heavy (non-hydrogen) atoms. The molecular weight excluding hydrogens is 234 g/mol. The van der Waals surface area contributed by atoms with Crippen LogP contribution >= 0.6 is 22.9 Å². The van der Waals surface area contributed by atoms with Crippen LogP contribution in [0.15, 0.2) is 24.1 Å². The van der Waals surface area contributed by atoms with Gasteiger partial charge in [-0.15, -0.1) is 11.3 Å². The van der Waals surface area contributed by atoms with Gasteiger partial charge in [0.2, 0.25) is 5.13 Å². The Bertz CT molecular complexity index is 603. The standard InChI is InChI=1S/C8H4ClN5S/c9-6-5-3-13-14(7(5)12-4-11-6)8-10-1-2-15-8/h1-4H. The van der Waals surface area contributed by atoms with Crippen molar-refractivity contribution < 1.29 is 0 Å². The van der Waals surface area contributed by atoms with Crippen LogP contribution in [0.4, 0.5) is 0 Å². The molecule has 0 atom stereocenters. The van der Waals surface area contributed by atoms with Crippen LogP contribution in [0.3, 0.4) is 0 Å². The van der Waals surface area contributed by atoms with E-state index in [4.69, 9.17) is 11.6 Å². The van der Waals surface area contributed by atoms with Crippen LogP contribution < -0.4 is 0 Å².